The van der Waals surface area contributed by atoms with E-state index in [1.165, 1.54) is 11.6 Å². The first-order valence-corrected chi connectivity index (χ1v) is 5.93. The normalized spacial score (nSPS) is 12.3. The minimum atomic E-state index is -0.154. The van der Waals surface area contributed by atoms with E-state index in [2.05, 4.69) is 24.0 Å². The molecule has 0 radical (unpaired) electrons. The van der Waals surface area contributed by atoms with Gasteiger partial charge < -0.3 is 4.57 Å². The van der Waals surface area contributed by atoms with Gasteiger partial charge in [-0.15, -0.1) is 0 Å². The molecule has 0 saturated heterocycles. The maximum absolute atomic E-state index is 11.1. The lowest BCUT2D eigenvalue weighted by molar-refractivity contribution is 0.525. The van der Waals surface area contributed by atoms with Crippen LogP contribution in [0.4, 0.5) is 0 Å². The smallest absolute Gasteiger partial charge is 0.251 e. The summed E-state index contributed by atoms with van der Waals surface area (Å²) in [6.07, 6.45) is 2.63. The fourth-order valence-corrected chi connectivity index (χ4v) is 2.17. The molecule has 3 nitrogen and oxygen atoms in total. The Morgan fingerprint density at radius 2 is 2.00 bits per heavy atom. The van der Waals surface area contributed by atoms with Gasteiger partial charge in [0.1, 0.15) is 0 Å². The van der Waals surface area contributed by atoms with Crippen LogP contribution in [-0.4, -0.2) is 9.55 Å². The van der Waals surface area contributed by atoms with Gasteiger partial charge in [0.25, 0.3) is 5.56 Å². The van der Waals surface area contributed by atoms with Crippen LogP contribution in [0.3, 0.4) is 0 Å². The molecule has 1 unspecified atom stereocenters. The Balaban J connectivity index is 2.23. The zero-order chi connectivity index (χ0) is 12.3. The molecule has 1 heterocycles. The molecule has 2 aromatic rings. The SMILES string of the molecule is CC(Cc1ccccc1)n1ccc(=O)[nH]c1=S. The Hall–Kier alpha value is -1.68. The average molecular weight is 246 g/mol. The van der Waals surface area contributed by atoms with Crippen LogP contribution < -0.4 is 5.56 Å². The highest BCUT2D eigenvalue weighted by Gasteiger charge is 2.05. The molecule has 17 heavy (non-hydrogen) atoms. The summed E-state index contributed by atoms with van der Waals surface area (Å²) in [4.78, 5) is 13.7. The van der Waals surface area contributed by atoms with Gasteiger partial charge in [-0.3, -0.25) is 9.78 Å². The standard InChI is InChI=1S/C13H14N2OS/c1-10(9-11-5-3-2-4-6-11)15-8-7-12(16)14-13(15)17/h2-8,10H,9H2,1H3,(H,14,16,17). The van der Waals surface area contributed by atoms with Crippen LogP contribution in [0.2, 0.25) is 0 Å². The van der Waals surface area contributed by atoms with Gasteiger partial charge in [-0.25, -0.2) is 0 Å². The lowest BCUT2D eigenvalue weighted by Gasteiger charge is -2.15. The Bertz CT molecular complexity index is 601. The van der Waals surface area contributed by atoms with Crippen molar-refractivity contribution in [1.29, 1.82) is 0 Å². The Labute approximate surface area is 105 Å². The molecule has 0 saturated carbocycles. The fourth-order valence-electron chi connectivity index (χ4n) is 1.83. The second-order valence-corrected chi connectivity index (χ2v) is 4.44. The largest absolute Gasteiger partial charge is 0.322 e. The number of aromatic amines is 1. The molecule has 88 valence electrons. The van der Waals surface area contributed by atoms with Gasteiger partial charge in [-0.05, 0) is 31.1 Å². The molecule has 0 amide bonds. The van der Waals surface area contributed by atoms with Gasteiger partial charge in [0.15, 0.2) is 4.77 Å². The highest BCUT2D eigenvalue weighted by molar-refractivity contribution is 7.71. The van der Waals surface area contributed by atoms with Crippen molar-refractivity contribution >= 4 is 12.2 Å². The van der Waals surface area contributed by atoms with Crippen molar-refractivity contribution in [2.24, 2.45) is 0 Å². The topological polar surface area (TPSA) is 37.8 Å². The van der Waals surface area contributed by atoms with Crippen LogP contribution >= 0.6 is 12.2 Å². The third kappa shape index (κ3) is 2.91. The summed E-state index contributed by atoms with van der Waals surface area (Å²) in [5.41, 5.74) is 1.10. The summed E-state index contributed by atoms with van der Waals surface area (Å²) in [6.45, 7) is 2.08. The minimum absolute atomic E-state index is 0.154. The summed E-state index contributed by atoms with van der Waals surface area (Å²) < 4.78 is 2.38. The van der Waals surface area contributed by atoms with Crippen molar-refractivity contribution in [2.45, 2.75) is 19.4 Å². The third-order valence-electron chi connectivity index (χ3n) is 2.70. The third-order valence-corrected chi connectivity index (χ3v) is 3.01. The molecular formula is C13H14N2OS. The maximum atomic E-state index is 11.1. The van der Waals surface area contributed by atoms with E-state index in [9.17, 15) is 4.79 Å². The molecule has 0 aliphatic carbocycles. The number of aromatic nitrogens is 2. The zero-order valence-electron chi connectivity index (χ0n) is 9.59. The number of benzene rings is 1. The monoisotopic (exact) mass is 246 g/mol. The molecule has 1 aromatic heterocycles. The highest BCUT2D eigenvalue weighted by Crippen LogP contribution is 2.12. The molecule has 0 bridgehead atoms. The quantitative estimate of drug-likeness (QED) is 0.846. The maximum Gasteiger partial charge on any atom is 0.251 e. The molecule has 4 heteroatoms. The van der Waals surface area contributed by atoms with Crippen LogP contribution in [0.5, 0.6) is 0 Å². The zero-order valence-corrected chi connectivity index (χ0v) is 10.4. The average Bonchev–Trinajstić information content (AvgIpc) is 2.30. The van der Waals surface area contributed by atoms with Crippen molar-refractivity contribution in [2.75, 3.05) is 0 Å². The van der Waals surface area contributed by atoms with Crippen molar-refractivity contribution in [3.63, 3.8) is 0 Å². The molecule has 0 spiro atoms. The number of hydrogen-bond donors (Lipinski definition) is 1. The lowest BCUT2D eigenvalue weighted by atomic mass is 10.1. The lowest BCUT2D eigenvalue weighted by Crippen LogP contribution is -2.15. The molecule has 1 aromatic carbocycles. The van der Waals surface area contributed by atoms with Crippen molar-refractivity contribution in [1.82, 2.24) is 9.55 Å². The molecule has 2 rings (SSSR count). The summed E-state index contributed by atoms with van der Waals surface area (Å²) >= 11 is 5.14. The summed E-state index contributed by atoms with van der Waals surface area (Å²) in [5.74, 6) is 0. The summed E-state index contributed by atoms with van der Waals surface area (Å²) in [6, 6.07) is 11.9. The summed E-state index contributed by atoms with van der Waals surface area (Å²) in [5, 5.41) is 0. The first-order valence-electron chi connectivity index (χ1n) is 5.52. The van der Waals surface area contributed by atoms with Crippen molar-refractivity contribution < 1.29 is 0 Å². The van der Waals surface area contributed by atoms with E-state index in [1.807, 2.05) is 22.8 Å². The Morgan fingerprint density at radius 3 is 2.65 bits per heavy atom. The van der Waals surface area contributed by atoms with E-state index >= 15 is 0 Å². The molecule has 0 fully saturated rings. The van der Waals surface area contributed by atoms with Crippen molar-refractivity contribution in [3.05, 3.63) is 63.3 Å². The van der Waals surface area contributed by atoms with Crippen LogP contribution in [0.25, 0.3) is 0 Å². The number of hydrogen-bond acceptors (Lipinski definition) is 2. The molecular weight excluding hydrogens is 232 g/mol. The van der Waals surface area contributed by atoms with Crippen molar-refractivity contribution in [3.8, 4) is 0 Å². The van der Waals surface area contributed by atoms with E-state index in [-0.39, 0.29) is 11.6 Å². The van der Waals surface area contributed by atoms with Crippen LogP contribution in [0.1, 0.15) is 18.5 Å². The van der Waals surface area contributed by atoms with Crippen LogP contribution in [0, 0.1) is 4.77 Å². The van der Waals surface area contributed by atoms with E-state index in [4.69, 9.17) is 12.2 Å². The second-order valence-electron chi connectivity index (χ2n) is 4.06. The predicted molar refractivity (Wildman–Crippen MR) is 70.7 cm³/mol. The van der Waals surface area contributed by atoms with Gasteiger partial charge in [-0.1, -0.05) is 30.3 Å². The number of rotatable bonds is 3. The van der Waals surface area contributed by atoms with E-state index in [0.717, 1.165) is 6.42 Å². The number of nitrogens with zero attached hydrogens (tertiary/aromatic N) is 1. The number of nitrogens with one attached hydrogen (secondary N) is 1. The first-order chi connectivity index (χ1) is 8.16. The van der Waals surface area contributed by atoms with Crippen LogP contribution in [0.15, 0.2) is 47.4 Å². The van der Waals surface area contributed by atoms with Gasteiger partial charge >= 0.3 is 0 Å². The minimum Gasteiger partial charge on any atom is -0.322 e. The predicted octanol–water partition coefficient (Wildman–Crippen LogP) is 2.71. The van der Waals surface area contributed by atoms with E-state index < -0.39 is 0 Å². The van der Waals surface area contributed by atoms with Crippen LogP contribution in [-0.2, 0) is 6.42 Å². The highest BCUT2D eigenvalue weighted by atomic mass is 32.1. The number of H-pyrrole nitrogens is 1. The Morgan fingerprint density at radius 1 is 1.29 bits per heavy atom. The summed E-state index contributed by atoms with van der Waals surface area (Å²) in [7, 11) is 0. The molecule has 1 atom stereocenters. The Kier molecular flexibility index (Phi) is 3.54. The first kappa shape index (κ1) is 11.8. The van der Waals surface area contributed by atoms with Gasteiger partial charge in [0, 0.05) is 18.3 Å². The van der Waals surface area contributed by atoms with Gasteiger partial charge in [-0.2, -0.15) is 0 Å². The molecule has 0 aliphatic heterocycles. The fraction of sp³-hybridized carbons (Fsp3) is 0.231. The van der Waals surface area contributed by atoms with Gasteiger partial charge in [0.2, 0.25) is 0 Å². The second kappa shape index (κ2) is 5.10. The molecule has 0 aliphatic rings. The van der Waals surface area contributed by atoms with Gasteiger partial charge in [0.05, 0.1) is 0 Å². The van der Waals surface area contributed by atoms with E-state index in [0.29, 0.717) is 4.77 Å². The van der Waals surface area contributed by atoms with E-state index in [1.54, 1.807) is 6.20 Å². The molecule has 1 N–H and O–H groups in total.